The zero-order valence-electron chi connectivity index (χ0n) is 18.5. The summed E-state index contributed by atoms with van der Waals surface area (Å²) < 4.78 is 55.3. The van der Waals surface area contributed by atoms with Crippen molar-refractivity contribution in [3.8, 4) is 0 Å². The van der Waals surface area contributed by atoms with Crippen molar-refractivity contribution < 1.29 is 37.0 Å². The molecule has 2 aliphatic heterocycles. The highest BCUT2D eigenvalue weighted by atomic mass is 19.4. The molecule has 2 saturated heterocycles. The van der Waals surface area contributed by atoms with Gasteiger partial charge in [0.25, 0.3) is 5.91 Å². The summed E-state index contributed by atoms with van der Waals surface area (Å²) in [5.74, 6) is -0.283. The Balaban J connectivity index is 1.31. The average molecular weight is 479 g/mol. The van der Waals surface area contributed by atoms with Crippen molar-refractivity contribution in [1.29, 1.82) is 0 Å². The van der Waals surface area contributed by atoms with Gasteiger partial charge < -0.3 is 24.4 Å². The fourth-order valence-corrected chi connectivity index (χ4v) is 3.91. The lowest BCUT2D eigenvalue weighted by molar-refractivity contribution is -0.137. The Bertz CT molecular complexity index is 1040. The van der Waals surface area contributed by atoms with Crippen LogP contribution < -0.4 is 15.5 Å². The van der Waals surface area contributed by atoms with Crippen LogP contribution in [0.3, 0.4) is 0 Å². The van der Waals surface area contributed by atoms with E-state index in [1.54, 1.807) is 12.1 Å². The second-order valence-electron chi connectivity index (χ2n) is 8.26. The SMILES string of the molecule is CN(C)c1ccc(C(=O)N[C@H]2CO[C@H]3[C@@H]2OC[C@H]3OC(=O)Nc2cccc(C(F)(F)F)c2)cc1. The number of fused-ring (bicyclic) bond motifs is 1. The van der Waals surface area contributed by atoms with Crippen LogP contribution in [0.25, 0.3) is 0 Å². The molecule has 0 saturated carbocycles. The summed E-state index contributed by atoms with van der Waals surface area (Å²) in [5, 5.41) is 5.18. The topological polar surface area (TPSA) is 89.1 Å². The number of rotatable bonds is 5. The molecule has 4 atom stereocenters. The van der Waals surface area contributed by atoms with Gasteiger partial charge in [0, 0.05) is 31.0 Å². The Morgan fingerprint density at radius 3 is 2.41 bits per heavy atom. The molecule has 0 spiro atoms. The van der Waals surface area contributed by atoms with E-state index in [-0.39, 0.29) is 24.8 Å². The largest absolute Gasteiger partial charge is 0.441 e. The fourth-order valence-electron chi connectivity index (χ4n) is 3.91. The van der Waals surface area contributed by atoms with Crippen LogP contribution in [0, 0.1) is 0 Å². The van der Waals surface area contributed by atoms with Crippen molar-refractivity contribution in [2.24, 2.45) is 0 Å². The Kier molecular flexibility index (Phi) is 6.67. The minimum absolute atomic E-state index is 0.0370. The second kappa shape index (κ2) is 9.51. The summed E-state index contributed by atoms with van der Waals surface area (Å²) in [5.41, 5.74) is 0.514. The monoisotopic (exact) mass is 479 g/mol. The molecule has 34 heavy (non-hydrogen) atoms. The summed E-state index contributed by atoms with van der Waals surface area (Å²) in [7, 11) is 3.81. The number of carbonyl (C=O) groups excluding carboxylic acids is 2. The molecule has 2 N–H and O–H groups in total. The summed E-state index contributed by atoms with van der Waals surface area (Å²) >= 11 is 0. The van der Waals surface area contributed by atoms with Gasteiger partial charge in [0.2, 0.25) is 0 Å². The molecule has 0 unspecified atom stereocenters. The molecule has 2 aromatic rings. The molecule has 0 aromatic heterocycles. The smallest absolute Gasteiger partial charge is 0.416 e. The first-order valence-electron chi connectivity index (χ1n) is 10.6. The van der Waals surface area contributed by atoms with Gasteiger partial charge in [-0.3, -0.25) is 10.1 Å². The standard InChI is InChI=1S/C23H24F3N3O5/c1-29(2)16-8-6-13(7-9-16)21(30)28-17-11-32-20-18(12-33-19(17)20)34-22(31)27-15-5-3-4-14(10-15)23(24,25)26/h3-10,17-20H,11-12H2,1-2H3,(H,27,31)(H,28,30)/t17-,18+,19+,20+/m0/s1. The third-order valence-electron chi connectivity index (χ3n) is 5.67. The molecule has 4 rings (SSSR count). The van der Waals surface area contributed by atoms with Gasteiger partial charge in [0.05, 0.1) is 24.8 Å². The molecule has 2 heterocycles. The Morgan fingerprint density at radius 2 is 1.74 bits per heavy atom. The lowest BCUT2D eigenvalue weighted by Gasteiger charge is -2.18. The maximum atomic E-state index is 12.9. The van der Waals surface area contributed by atoms with Crippen LogP contribution in [0.2, 0.25) is 0 Å². The molecule has 8 nitrogen and oxygen atoms in total. The van der Waals surface area contributed by atoms with Crippen molar-refractivity contribution in [3.63, 3.8) is 0 Å². The summed E-state index contributed by atoms with van der Waals surface area (Å²) in [6, 6.07) is 10.9. The first kappa shape index (κ1) is 23.8. The normalized spacial score (nSPS) is 23.8. The van der Waals surface area contributed by atoms with Crippen molar-refractivity contribution in [1.82, 2.24) is 5.32 Å². The minimum Gasteiger partial charge on any atom is -0.441 e. The van der Waals surface area contributed by atoms with Crippen molar-refractivity contribution in [2.75, 3.05) is 37.5 Å². The minimum atomic E-state index is -4.53. The van der Waals surface area contributed by atoms with Gasteiger partial charge in [0.15, 0.2) is 6.10 Å². The van der Waals surface area contributed by atoms with Crippen molar-refractivity contribution in [3.05, 3.63) is 59.7 Å². The maximum Gasteiger partial charge on any atom is 0.416 e. The maximum absolute atomic E-state index is 12.9. The third kappa shape index (κ3) is 5.26. The quantitative estimate of drug-likeness (QED) is 0.685. The van der Waals surface area contributed by atoms with Gasteiger partial charge in [-0.25, -0.2) is 4.79 Å². The highest BCUT2D eigenvalue weighted by molar-refractivity contribution is 5.94. The molecule has 11 heteroatoms. The molecule has 0 radical (unpaired) electrons. The first-order chi connectivity index (χ1) is 16.1. The number of halogens is 3. The molecular formula is C23H24F3N3O5. The molecule has 2 aromatic carbocycles. The number of benzene rings is 2. The summed E-state index contributed by atoms with van der Waals surface area (Å²) in [6.07, 6.45) is -7.34. The number of hydrogen-bond acceptors (Lipinski definition) is 6. The Hall–Kier alpha value is -3.31. The Morgan fingerprint density at radius 1 is 1.03 bits per heavy atom. The molecule has 0 aliphatic carbocycles. The number of ether oxygens (including phenoxy) is 3. The van der Waals surface area contributed by atoms with Gasteiger partial charge >= 0.3 is 12.3 Å². The zero-order chi connectivity index (χ0) is 24.5. The number of carbonyl (C=O) groups is 2. The molecule has 2 aliphatic rings. The van der Waals surface area contributed by atoms with Crippen LogP contribution in [-0.2, 0) is 20.4 Å². The van der Waals surface area contributed by atoms with Crippen LogP contribution in [0.1, 0.15) is 15.9 Å². The lowest BCUT2D eigenvalue weighted by atomic mass is 10.1. The highest BCUT2D eigenvalue weighted by Crippen LogP contribution is 2.32. The fraction of sp³-hybridized carbons (Fsp3) is 0.391. The first-order valence-corrected chi connectivity index (χ1v) is 10.6. The van der Waals surface area contributed by atoms with Crippen LogP contribution >= 0.6 is 0 Å². The number of anilines is 2. The van der Waals surface area contributed by atoms with Crippen LogP contribution in [0.5, 0.6) is 0 Å². The van der Waals surface area contributed by atoms with Gasteiger partial charge in [-0.15, -0.1) is 0 Å². The van der Waals surface area contributed by atoms with E-state index in [1.807, 2.05) is 31.1 Å². The number of alkyl halides is 3. The van der Waals surface area contributed by atoms with E-state index < -0.39 is 42.2 Å². The van der Waals surface area contributed by atoms with Crippen molar-refractivity contribution in [2.45, 2.75) is 30.5 Å². The van der Waals surface area contributed by atoms with Gasteiger partial charge in [0.1, 0.15) is 12.2 Å². The molecule has 2 amide bonds. The number of nitrogens with zero attached hydrogens (tertiary/aromatic N) is 1. The van der Waals surface area contributed by atoms with E-state index in [0.29, 0.717) is 5.56 Å². The number of nitrogens with one attached hydrogen (secondary N) is 2. The van der Waals surface area contributed by atoms with E-state index >= 15 is 0 Å². The zero-order valence-corrected chi connectivity index (χ0v) is 18.5. The van der Waals surface area contributed by atoms with Gasteiger partial charge in [-0.2, -0.15) is 13.2 Å². The lowest BCUT2D eigenvalue weighted by Crippen LogP contribution is -2.44. The van der Waals surface area contributed by atoms with Crippen LogP contribution in [0.4, 0.5) is 29.3 Å². The van der Waals surface area contributed by atoms with Crippen LogP contribution in [0.15, 0.2) is 48.5 Å². The molecular weight excluding hydrogens is 455 g/mol. The Labute approximate surface area is 194 Å². The summed E-state index contributed by atoms with van der Waals surface area (Å²) in [6.45, 7) is 0.210. The van der Waals surface area contributed by atoms with Gasteiger partial charge in [-0.1, -0.05) is 6.07 Å². The molecule has 182 valence electrons. The predicted octanol–water partition coefficient (Wildman–Crippen LogP) is 3.28. The number of hydrogen-bond donors (Lipinski definition) is 2. The number of amides is 2. The van der Waals surface area contributed by atoms with E-state index in [9.17, 15) is 22.8 Å². The van der Waals surface area contributed by atoms with Crippen molar-refractivity contribution >= 4 is 23.4 Å². The van der Waals surface area contributed by atoms with E-state index in [0.717, 1.165) is 17.8 Å². The van der Waals surface area contributed by atoms with E-state index in [1.165, 1.54) is 12.1 Å². The highest BCUT2D eigenvalue weighted by Gasteiger charge is 2.50. The third-order valence-corrected chi connectivity index (χ3v) is 5.67. The van der Waals surface area contributed by atoms with Gasteiger partial charge in [-0.05, 0) is 42.5 Å². The molecule has 2 fully saturated rings. The van der Waals surface area contributed by atoms with E-state index in [2.05, 4.69) is 10.6 Å². The van der Waals surface area contributed by atoms with Crippen LogP contribution in [-0.4, -0.2) is 63.7 Å². The second-order valence-corrected chi connectivity index (χ2v) is 8.26. The molecule has 0 bridgehead atoms. The predicted molar refractivity (Wildman–Crippen MR) is 117 cm³/mol. The van der Waals surface area contributed by atoms with E-state index in [4.69, 9.17) is 14.2 Å². The summed E-state index contributed by atoms with van der Waals surface area (Å²) in [4.78, 5) is 26.8. The average Bonchev–Trinajstić information content (AvgIpc) is 3.36.